The zero-order valence-corrected chi connectivity index (χ0v) is 10.6. The third-order valence-corrected chi connectivity index (χ3v) is 2.82. The Bertz CT molecular complexity index is 500. The number of nitrogens with zero attached hydrogens (tertiary/aromatic N) is 1. The molecule has 1 aromatic carbocycles. The molecule has 0 aliphatic heterocycles. The average Bonchev–Trinajstić information content (AvgIpc) is 2.46. The van der Waals surface area contributed by atoms with Gasteiger partial charge in [-0.2, -0.15) is 0 Å². The second-order valence-electron chi connectivity index (χ2n) is 4.22. The number of aromatic nitrogens is 1. The summed E-state index contributed by atoms with van der Waals surface area (Å²) in [5, 5.41) is 10.9. The Morgan fingerprint density at radius 2 is 1.89 bits per heavy atom. The maximum absolute atomic E-state index is 11.0. The summed E-state index contributed by atoms with van der Waals surface area (Å²) in [6.07, 6.45) is 1.59. The van der Waals surface area contributed by atoms with Crippen molar-refractivity contribution in [2.75, 3.05) is 6.61 Å². The van der Waals surface area contributed by atoms with Crippen molar-refractivity contribution in [3.63, 3.8) is 0 Å². The summed E-state index contributed by atoms with van der Waals surface area (Å²) in [4.78, 5) is 15.2. The van der Waals surface area contributed by atoms with Crippen LogP contribution in [0.5, 0.6) is 0 Å². The Morgan fingerprint density at radius 1 is 1.21 bits per heavy atom. The monoisotopic (exact) mass is 257 g/mol. The maximum atomic E-state index is 11.0. The van der Waals surface area contributed by atoms with Crippen LogP contribution in [0, 0.1) is 0 Å². The van der Waals surface area contributed by atoms with Crippen LogP contribution in [0.3, 0.4) is 0 Å². The number of esters is 1. The highest BCUT2D eigenvalue weighted by atomic mass is 16.5. The lowest BCUT2D eigenvalue weighted by molar-refractivity contribution is -0.147. The fraction of sp³-hybridized carbons (Fsp3) is 0.200. The zero-order valence-electron chi connectivity index (χ0n) is 10.6. The van der Waals surface area contributed by atoms with Gasteiger partial charge in [-0.15, -0.1) is 0 Å². The van der Waals surface area contributed by atoms with E-state index in [-0.39, 0.29) is 6.61 Å². The van der Waals surface area contributed by atoms with E-state index < -0.39 is 11.6 Å². The molecule has 1 atom stereocenters. The molecule has 0 fully saturated rings. The van der Waals surface area contributed by atoms with Gasteiger partial charge in [0.15, 0.2) is 5.60 Å². The van der Waals surface area contributed by atoms with Gasteiger partial charge < -0.3 is 9.84 Å². The lowest BCUT2D eigenvalue weighted by Gasteiger charge is -2.27. The number of benzene rings is 1. The highest BCUT2D eigenvalue weighted by Crippen LogP contribution is 2.28. The molecule has 0 spiro atoms. The molecule has 2 rings (SSSR count). The predicted octanol–water partition coefficient (Wildman–Crippen LogP) is 1.88. The molecule has 1 aromatic heterocycles. The number of ether oxygens (including phenoxy) is 1. The number of aliphatic hydroxyl groups is 1. The van der Waals surface area contributed by atoms with Crippen molar-refractivity contribution in [2.24, 2.45) is 0 Å². The minimum atomic E-state index is -1.44. The number of carbonyl (C=O) groups excluding carboxylic acids is 1. The maximum Gasteiger partial charge on any atom is 0.302 e. The van der Waals surface area contributed by atoms with Crippen LogP contribution in [0.2, 0.25) is 0 Å². The van der Waals surface area contributed by atoms with Crippen LogP contribution in [0.15, 0.2) is 54.7 Å². The smallest absolute Gasteiger partial charge is 0.302 e. The van der Waals surface area contributed by atoms with Gasteiger partial charge in [0.2, 0.25) is 0 Å². The number of pyridine rings is 1. The molecule has 0 aliphatic carbocycles. The van der Waals surface area contributed by atoms with Gasteiger partial charge >= 0.3 is 5.97 Å². The van der Waals surface area contributed by atoms with Crippen LogP contribution in [-0.2, 0) is 15.1 Å². The van der Waals surface area contributed by atoms with Crippen molar-refractivity contribution in [1.82, 2.24) is 4.98 Å². The molecule has 98 valence electrons. The van der Waals surface area contributed by atoms with E-state index in [2.05, 4.69) is 4.98 Å². The van der Waals surface area contributed by atoms with E-state index in [0.29, 0.717) is 11.3 Å². The second kappa shape index (κ2) is 5.63. The summed E-state index contributed by atoms with van der Waals surface area (Å²) in [6, 6.07) is 14.3. The molecule has 0 aliphatic rings. The standard InChI is InChI=1S/C15H15NO3/c1-12(17)19-11-15(18,13-7-3-2-4-8-13)14-9-5-6-10-16-14/h2-10,18H,11H2,1H3. The molecule has 19 heavy (non-hydrogen) atoms. The molecule has 1 unspecified atom stereocenters. The number of carbonyl (C=O) groups is 1. The Hall–Kier alpha value is -2.20. The summed E-state index contributed by atoms with van der Waals surface area (Å²) in [7, 11) is 0. The molecule has 0 saturated heterocycles. The van der Waals surface area contributed by atoms with Crippen LogP contribution >= 0.6 is 0 Å². The summed E-state index contributed by atoms with van der Waals surface area (Å²) >= 11 is 0. The lowest BCUT2D eigenvalue weighted by atomic mass is 9.91. The van der Waals surface area contributed by atoms with Gasteiger partial charge in [0.1, 0.15) is 6.61 Å². The predicted molar refractivity (Wildman–Crippen MR) is 70.3 cm³/mol. The van der Waals surface area contributed by atoms with Crippen molar-refractivity contribution in [1.29, 1.82) is 0 Å². The van der Waals surface area contributed by atoms with Crippen molar-refractivity contribution in [2.45, 2.75) is 12.5 Å². The van der Waals surface area contributed by atoms with Crippen molar-refractivity contribution >= 4 is 5.97 Å². The van der Waals surface area contributed by atoms with Gasteiger partial charge in [-0.1, -0.05) is 36.4 Å². The first-order valence-corrected chi connectivity index (χ1v) is 5.96. The van der Waals surface area contributed by atoms with Gasteiger partial charge in [0.05, 0.1) is 5.69 Å². The van der Waals surface area contributed by atoms with E-state index >= 15 is 0 Å². The van der Waals surface area contributed by atoms with E-state index in [9.17, 15) is 9.90 Å². The first-order chi connectivity index (χ1) is 9.13. The SMILES string of the molecule is CC(=O)OCC(O)(c1ccccc1)c1ccccn1. The Kier molecular flexibility index (Phi) is 3.92. The summed E-state index contributed by atoms with van der Waals surface area (Å²) in [6.45, 7) is 1.15. The van der Waals surface area contributed by atoms with E-state index in [4.69, 9.17) is 4.74 Å². The molecule has 4 heteroatoms. The molecule has 0 amide bonds. The molecular weight excluding hydrogens is 242 g/mol. The normalized spacial score (nSPS) is 13.6. The minimum Gasteiger partial charge on any atom is -0.462 e. The van der Waals surface area contributed by atoms with E-state index in [1.807, 2.05) is 18.2 Å². The highest BCUT2D eigenvalue weighted by Gasteiger charge is 2.34. The molecule has 2 aromatic rings. The Balaban J connectivity index is 2.41. The fourth-order valence-corrected chi connectivity index (χ4v) is 1.83. The van der Waals surface area contributed by atoms with Crippen molar-refractivity contribution in [3.05, 3.63) is 66.0 Å². The molecule has 4 nitrogen and oxygen atoms in total. The van der Waals surface area contributed by atoms with E-state index in [1.54, 1.807) is 36.5 Å². The van der Waals surface area contributed by atoms with Gasteiger partial charge in [-0.05, 0) is 17.7 Å². The first kappa shape index (κ1) is 13.2. The number of rotatable bonds is 4. The third kappa shape index (κ3) is 2.98. The Labute approximate surface area is 111 Å². The average molecular weight is 257 g/mol. The van der Waals surface area contributed by atoms with Gasteiger partial charge in [0, 0.05) is 13.1 Å². The van der Waals surface area contributed by atoms with Crippen molar-refractivity contribution < 1.29 is 14.6 Å². The zero-order chi connectivity index (χ0) is 13.7. The van der Waals surface area contributed by atoms with Gasteiger partial charge in [-0.25, -0.2) is 0 Å². The summed E-state index contributed by atoms with van der Waals surface area (Å²) in [5.74, 6) is -0.440. The summed E-state index contributed by atoms with van der Waals surface area (Å²) < 4.78 is 4.99. The first-order valence-electron chi connectivity index (χ1n) is 5.96. The van der Waals surface area contributed by atoms with Gasteiger partial charge in [0.25, 0.3) is 0 Å². The van der Waals surface area contributed by atoms with E-state index in [0.717, 1.165) is 0 Å². The largest absolute Gasteiger partial charge is 0.462 e. The van der Waals surface area contributed by atoms with Crippen LogP contribution in [0.4, 0.5) is 0 Å². The molecular formula is C15H15NO3. The topological polar surface area (TPSA) is 59.4 Å². The van der Waals surface area contributed by atoms with E-state index in [1.165, 1.54) is 6.92 Å². The van der Waals surface area contributed by atoms with Gasteiger partial charge in [-0.3, -0.25) is 9.78 Å². The third-order valence-electron chi connectivity index (χ3n) is 2.82. The Morgan fingerprint density at radius 3 is 2.47 bits per heavy atom. The summed E-state index contributed by atoms with van der Waals surface area (Å²) in [5.41, 5.74) is -0.355. The lowest BCUT2D eigenvalue weighted by Crippen LogP contribution is -2.34. The van der Waals surface area contributed by atoms with Crippen LogP contribution < -0.4 is 0 Å². The molecule has 1 heterocycles. The van der Waals surface area contributed by atoms with Crippen LogP contribution in [0.1, 0.15) is 18.2 Å². The minimum absolute atomic E-state index is 0.163. The number of hydrogen-bond acceptors (Lipinski definition) is 4. The second-order valence-corrected chi connectivity index (χ2v) is 4.22. The quantitative estimate of drug-likeness (QED) is 0.850. The molecule has 0 radical (unpaired) electrons. The molecule has 0 bridgehead atoms. The molecule has 1 N–H and O–H groups in total. The van der Waals surface area contributed by atoms with Crippen LogP contribution in [0.25, 0.3) is 0 Å². The molecule has 0 saturated carbocycles. The highest BCUT2D eigenvalue weighted by molar-refractivity contribution is 5.66. The van der Waals surface area contributed by atoms with Crippen molar-refractivity contribution in [3.8, 4) is 0 Å². The number of hydrogen-bond donors (Lipinski definition) is 1. The van der Waals surface area contributed by atoms with Crippen LogP contribution in [-0.4, -0.2) is 22.7 Å². The fourth-order valence-electron chi connectivity index (χ4n) is 1.83.